The summed E-state index contributed by atoms with van der Waals surface area (Å²) in [6, 6.07) is -0.358. The van der Waals surface area contributed by atoms with Crippen LogP contribution in [-0.4, -0.2) is 59.4 Å². The summed E-state index contributed by atoms with van der Waals surface area (Å²) in [5.74, 6) is -0.791. The van der Waals surface area contributed by atoms with Crippen LogP contribution in [0.15, 0.2) is 0 Å². The molecule has 2 unspecified atom stereocenters. The van der Waals surface area contributed by atoms with Crippen LogP contribution in [0.25, 0.3) is 0 Å². The van der Waals surface area contributed by atoms with E-state index >= 15 is 0 Å². The summed E-state index contributed by atoms with van der Waals surface area (Å²) in [7, 11) is 0. The second-order valence-corrected chi connectivity index (χ2v) is 6.09. The maximum absolute atomic E-state index is 11.2. The number of carboxylic acid groups (broad SMARTS) is 1. The number of hydrogen-bond donors (Lipinski definition) is 2. The lowest BCUT2D eigenvalue weighted by molar-refractivity contribution is -0.146. The fourth-order valence-electron chi connectivity index (χ4n) is 2.59. The molecule has 0 aromatic carbocycles. The molecule has 0 aliphatic carbocycles. The normalized spacial score (nSPS) is 26.2. The third kappa shape index (κ3) is 4.92. The predicted octanol–water partition coefficient (Wildman–Crippen LogP) is 0.937. The smallest absolute Gasteiger partial charge is 0.322 e. The Labute approximate surface area is 109 Å². The molecule has 2 atom stereocenters. The Balaban J connectivity index is 2.60. The number of carbonyl (C=O) groups is 1. The highest BCUT2D eigenvalue weighted by Gasteiger charge is 2.33. The van der Waals surface area contributed by atoms with Gasteiger partial charge in [0.25, 0.3) is 0 Å². The molecule has 2 N–H and O–H groups in total. The molecule has 1 heterocycles. The van der Waals surface area contributed by atoms with E-state index in [0.717, 1.165) is 13.1 Å². The number of nitrogens with zero attached hydrogens (tertiary/aromatic N) is 1. The number of hydrogen-bond acceptors (Lipinski definition) is 4. The molecule has 0 aromatic heterocycles. The number of rotatable bonds is 5. The van der Waals surface area contributed by atoms with Gasteiger partial charge in [0.05, 0.1) is 11.7 Å². The second-order valence-electron chi connectivity index (χ2n) is 6.09. The molecule has 0 amide bonds. The Morgan fingerprint density at radius 1 is 1.56 bits per heavy atom. The predicted molar refractivity (Wildman–Crippen MR) is 70.8 cm³/mol. The summed E-state index contributed by atoms with van der Waals surface area (Å²) in [6.45, 7) is 12.1. The second kappa shape index (κ2) is 5.99. The van der Waals surface area contributed by atoms with Crippen molar-refractivity contribution < 1.29 is 14.6 Å². The molecule has 1 aliphatic heterocycles. The van der Waals surface area contributed by atoms with Crippen LogP contribution in [0.1, 0.15) is 34.6 Å². The molecule has 1 rings (SSSR count). The van der Waals surface area contributed by atoms with Gasteiger partial charge in [-0.15, -0.1) is 0 Å². The van der Waals surface area contributed by atoms with E-state index in [0.29, 0.717) is 6.54 Å². The van der Waals surface area contributed by atoms with E-state index in [9.17, 15) is 9.90 Å². The van der Waals surface area contributed by atoms with E-state index in [2.05, 4.69) is 10.2 Å². The number of carboxylic acids is 1. The van der Waals surface area contributed by atoms with E-state index in [4.69, 9.17) is 4.74 Å². The van der Waals surface area contributed by atoms with E-state index < -0.39 is 12.0 Å². The van der Waals surface area contributed by atoms with Gasteiger partial charge >= 0.3 is 5.97 Å². The summed E-state index contributed by atoms with van der Waals surface area (Å²) in [4.78, 5) is 13.4. The Hall–Kier alpha value is -0.650. The van der Waals surface area contributed by atoms with Crippen molar-refractivity contribution in [2.75, 3.05) is 19.6 Å². The van der Waals surface area contributed by atoms with Crippen LogP contribution < -0.4 is 5.32 Å². The van der Waals surface area contributed by atoms with Gasteiger partial charge in [0.2, 0.25) is 0 Å². The van der Waals surface area contributed by atoms with Gasteiger partial charge in [-0.2, -0.15) is 0 Å². The van der Waals surface area contributed by atoms with Crippen LogP contribution >= 0.6 is 0 Å². The number of nitrogens with one attached hydrogen (secondary N) is 1. The SMILES string of the molecule is CC(C)NC(CN1CC(C)OC(C)(C)C1)C(=O)O. The third-order valence-corrected chi connectivity index (χ3v) is 2.91. The lowest BCUT2D eigenvalue weighted by Gasteiger charge is -2.42. The van der Waals surface area contributed by atoms with Gasteiger partial charge in [0.15, 0.2) is 0 Å². The highest BCUT2D eigenvalue weighted by atomic mass is 16.5. The standard InChI is InChI=1S/C13H26N2O3/c1-9(2)14-11(12(16)17)7-15-6-10(3)18-13(4,5)8-15/h9-11,14H,6-8H2,1-5H3,(H,16,17). The van der Waals surface area contributed by atoms with Crippen LogP contribution in [0.5, 0.6) is 0 Å². The van der Waals surface area contributed by atoms with Crippen molar-refractivity contribution >= 4 is 5.97 Å². The number of morpholine rings is 1. The van der Waals surface area contributed by atoms with Crippen LogP contribution in [0, 0.1) is 0 Å². The fraction of sp³-hybridized carbons (Fsp3) is 0.923. The highest BCUT2D eigenvalue weighted by molar-refractivity contribution is 5.73. The molecule has 0 saturated carbocycles. The quantitative estimate of drug-likeness (QED) is 0.768. The van der Waals surface area contributed by atoms with Gasteiger partial charge in [-0.25, -0.2) is 0 Å². The van der Waals surface area contributed by atoms with Crippen LogP contribution in [0.3, 0.4) is 0 Å². The Kier molecular flexibility index (Phi) is 5.13. The molecular weight excluding hydrogens is 232 g/mol. The maximum Gasteiger partial charge on any atom is 0.322 e. The summed E-state index contributed by atoms with van der Waals surface area (Å²) in [5, 5.41) is 12.3. The van der Waals surface area contributed by atoms with Crippen molar-refractivity contribution in [3.63, 3.8) is 0 Å². The average molecular weight is 258 g/mol. The monoisotopic (exact) mass is 258 g/mol. The number of aliphatic carboxylic acids is 1. The zero-order valence-electron chi connectivity index (χ0n) is 12.1. The van der Waals surface area contributed by atoms with Gasteiger partial charge in [-0.1, -0.05) is 13.8 Å². The Morgan fingerprint density at radius 3 is 2.61 bits per heavy atom. The fourth-order valence-corrected chi connectivity index (χ4v) is 2.59. The van der Waals surface area contributed by atoms with Gasteiger partial charge in [-0.05, 0) is 20.8 Å². The van der Waals surface area contributed by atoms with Crippen molar-refractivity contribution in [1.29, 1.82) is 0 Å². The molecule has 0 spiro atoms. The molecule has 1 aliphatic rings. The van der Waals surface area contributed by atoms with Gasteiger partial charge < -0.3 is 15.2 Å². The zero-order valence-corrected chi connectivity index (χ0v) is 12.1. The van der Waals surface area contributed by atoms with Crippen LogP contribution in [0.4, 0.5) is 0 Å². The van der Waals surface area contributed by atoms with Gasteiger partial charge in [0.1, 0.15) is 6.04 Å². The molecule has 1 fully saturated rings. The topological polar surface area (TPSA) is 61.8 Å². The van der Waals surface area contributed by atoms with E-state index in [1.165, 1.54) is 0 Å². The molecule has 18 heavy (non-hydrogen) atoms. The van der Waals surface area contributed by atoms with Crippen molar-refractivity contribution in [3.8, 4) is 0 Å². The first kappa shape index (κ1) is 15.4. The lowest BCUT2D eigenvalue weighted by Crippen LogP contribution is -2.57. The average Bonchev–Trinajstić information content (AvgIpc) is 2.11. The maximum atomic E-state index is 11.2. The number of ether oxygens (including phenoxy) is 1. The molecule has 106 valence electrons. The van der Waals surface area contributed by atoms with E-state index in [-0.39, 0.29) is 17.7 Å². The zero-order chi connectivity index (χ0) is 13.9. The summed E-state index contributed by atoms with van der Waals surface area (Å²) in [6.07, 6.45) is 0.141. The molecule has 0 bridgehead atoms. The minimum atomic E-state index is -0.791. The highest BCUT2D eigenvalue weighted by Crippen LogP contribution is 2.20. The van der Waals surface area contributed by atoms with Crippen molar-refractivity contribution in [2.45, 2.75) is 58.4 Å². The van der Waals surface area contributed by atoms with Gasteiger partial charge in [-0.3, -0.25) is 9.69 Å². The van der Waals surface area contributed by atoms with Crippen molar-refractivity contribution in [3.05, 3.63) is 0 Å². The third-order valence-electron chi connectivity index (χ3n) is 2.91. The largest absolute Gasteiger partial charge is 0.480 e. The lowest BCUT2D eigenvalue weighted by atomic mass is 10.0. The minimum absolute atomic E-state index is 0.141. The van der Waals surface area contributed by atoms with Gasteiger partial charge in [0, 0.05) is 25.7 Å². The van der Waals surface area contributed by atoms with Crippen molar-refractivity contribution in [1.82, 2.24) is 10.2 Å². The Bertz CT molecular complexity index is 292. The first-order valence-corrected chi connectivity index (χ1v) is 6.58. The molecule has 5 heteroatoms. The molecule has 5 nitrogen and oxygen atoms in total. The molecule has 1 saturated heterocycles. The molecule has 0 radical (unpaired) electrons. The summed E-state index contributed by atoms with van der Waals surface area (Å²) >= 11 is 0. The first-order valence-electron chi connectivity index (χ1n) is 6.58. The molecule has 0 aromatic rings. The van der Waals surface area contributed by atoms with Crippen molar-refractivity contribution in [2.24, 2.45) is 0 Å². The minimum Gasteiger partial charge on any atom is -0.480 e. The van der Waals surface area contributed by atoms with E-state index in [1.807, 2.05) is 34.6 Å². The summed E-state index contributed by atoms with van der Waals surface area (Å²) < 4.78 is 5.82. The summed E-state index contributed by atoms with van der Waals surface area (Å²) in [5.41, 5.74) is -0.210. The van der Waals surface area contributed by atoms with E-state index in [1.54, 1.807) is 0 Å². The van der Waals surface area contributed by atoms with Crippen LogP contribution in [-0.2, 0) is 9.53 Å². The first-order chi connectivity index (χ1) is 8.19. The Morgan fingerprint density at radius 2 is 2.17 bits per heavy atom. The molecular formula is C13H26N2O3. The van der Waals surface area contributed by atoms with Crippen LogP contribution in [0.2, 0.25) is 0 Å².